The van der Waals surface area contributed by atoms with E-state index >= 15 is 0 Å². The maximum atomic E-state index is 13.3. The number of halogens is 1. The molecule has 0 radical (unpaired) electrons. The molecule has 0 aliphatic heterocycles. The molecule has 0 spiro atoms. The van der Waals surface area contributed by atoms with Crippen LogP contribution in [0.3, 0.4) is 0 Å². The van der Waals surface area contributed by atoms with Crippen molar-refractivity contribution in [2.75, 3.05) is 11.9 Å². The molecular weight excluding hydrogens is 177 g/mol. The van der Waals surface area contributed by atoms with Crippen LogP contribution in [0.15, 0.2) is 18.2 Å². The lowest BCUT2D eigenvalue weighted by molar-refractivity contribution is 0.612. The van der Waals surface area contributed by atoms with E-state index in [9.17, 15) is 4.39 Å². The third-order valence-corrected chi connectivity index (χ3v) is 2.03. The quantitative estimate of drug-likeness (QED) is 0.570. The van der Waals surface area contributed by atoms with Crippen molar-refractivity contribution in [3.63, 3.8) is 0 Å². The molecule has 0 aliphatic rings. The van der Waals surface area contributed by atoms with Crippen LogP contribution in [0.1, 0.15) is 18.9 Å². The van der Waals surface area contributed by atoms with E-state index in [2.05, 4.69) is 11.2 Å². The van der Waals surface area contributed by atoms with Crippen LogP contribution in [0.2, 0.25) is 0 Å². The van der Waals surface area contributed by atoms with E-state index in [1.54, 1.807) is 6.07 Å². The Kier molecular flexibility index (Phi) is 4.00. The highest BCUT2D eigenvalue weighted by molar-refractivity contribution is 5.45. The number of rotatable bonds is 4. The van der Waals surface area contributed by atoms with Gasteiger partial charge < -0.3 is 5.32 Å². The van der Waals surface area contributed by atoms with Crippen LogP contribution >= 0.6 is 0 Å². The van der Waals surface area contributed by atoms with Gasteiger partial charge in [0.1, 0.15) is 5.82 Å². The highest BCUT2D eigenvalue weighted by Crippen LogP contribution is 2.14. The zero-order valence-electron chi connectivity index (χ0n) is 8.31. The molecule has 1 rings (SSSR count). The Labute approximate surface area is 84.3 Å². The first-order chi connectivity index (χ1) is 6.77. The summed E-state index contributed by atoms with van der Waals surface area (Å²) in [5.41, 5.74) is 1.53. The predicted octanol–water partition coefficient (Wildman–Crippen LogP) is 2.82. The minimum absolute atomic E-state index is 0.154. The zero-order valence-corrected chi connectivity index (χ0v) is 8.31. The number of anilines is 1. The Bertz CT molecular complexity index is 339. The Hall–Kier alpha value is -1.49. The second-order valence-corrected chi connectivity index (χ2v) is 3.04. The van der Waals surface area contributed by atoms with Crippen molar-refractivity contribution in [3.05, 3.63) is 29.6 Å². The molecule has 14 heavy (non-hydrogen) atoms. The second kappa shape index (κ2) is 5.29. The van der Waals surface area contributed by atoms with Gasteiger partial charge in [-0.25, -0.2) is 4.39 Å². The van der Waals surface area contributed by atoms with Crippen LogP contribution in [-0.2, 0) is 6.42 Å². The van der Waals surface area contributed by atoms with Gasteiger partial charge in [0.25, 0.3) is 0 Å². The number of terminal acetylenes is 1. The first-order valence-electron chi connectivity index (χ1n) is 4.73. The minimum atomic E-state index is -0.154. The van der Waals surface area contributed by atoms with Gasteiger partial charge in [0, 0.05) is 18.7 Å². The molecule has 0 aliphatic carbocycles. The fraction of sp³-hybridized carbons (Fsp3) is 0.333. The Morgan fingerprint density at radius 3 is 2.86 bits per heavy atom. The summed E-state index contributed by atoms with van der Waals surface area (Å²) in [4.78, 5) is 0. The van der Waals surface area contributed by atoms with E-state index in [4.69, 9.17) is 6.42 Å². The summed E-state index contributed by atoms with van der Waals surface area (Å²) in [5.74, 6) is 2.36. The third-order valence-electron chi connectivity index (χ3n) is 2.03. The van der Waals surface area contributed by atoms with Gasteiger partial charge in [-0.15, -0.1) is 12.3 Å². The van der Waals surface area contributed by atoms with Gasteiger partial charge in [0.15, 0.2) is 0 Å². The number of benzene rings is 1. The highest BCUT2D eigenvalue weighted by atomic mass is 19.1. The average molecular weight is 191 g/mol. The molecule has 2 heteroatoms. The smallest absolute Gasteiger partial charge is 0.128 e. The van der Waals surface area contributed by atoms with Gasteiger partial charge in [0.05, 0.1) is 0 Å². The van der Waals surface area contributed by atoms with E-state index < -0.39 is 0 Å². The van der Waals surface area contributed by atoms with Crippen LogP contribution in [0, 0.1) is 18.2 Å². The summed E-state index contributed by atoms with van der Waals surface area (Å²) in [6.07, 6.45) is 6.47. The Morgan fingerprint density at radius 1 is 1.50 bits per heavy atom. The van der Waals surface area contributed by atoms with Gasteiger partial charge in [-0.2, -0.15) is 0 Å². The fourth-order valence-electron chi connectivity index (χ4n) is 1.22. The molecule has 0 heterocycles. The number of hydrogen-bond acceptors (Lipinski definition) is 1. The molecule has 1 N–H and O–H groups in total. The van der Waals surface area contributed by atoms with Crippen molar-refractivity contribution in [2.24, 2.45) is 0 Å². The molecule has 0 bridgehead atoms. The van der Waals surface area contributed by atoms with Crippen LogP contribution in [0.25, 0.3) is 0 Å². The molecule has 0 amide bonds. The van der Waals surface area contributed by atoms with Crippen molar-refractivity contribution >= 4 is 5.69 Å². The average Bonchev–Trinajstić information content (AvgIpc) is 2.18. The molecule has 0 unspecified atom stereocenters. The van der Waals surface area contributed by atoms with Gasteiger partial charge in [-0.3, -0.25) is 0 Å². The van der Waals surface area contributed by atoms with Crippen LogP contribution in [-0.4, -0.2) is 6.54 Å². The van der Waals surface area contributed by atoms with Gasteiger partial charge in [-0.1, -0.05) is 13.0 Å². The first kappa shape index (κ1) is 10.6. The monoisotopic (exact) mass is 191 g/mol. The van der Waals surface area contributed by atoms with Gasteiger partial charge >= 0.3 is 0 Å². The third kappa shape index (κ3) is 2.77. The summed E-state index contributed by atoms with van der Waals surface area (Å²) < 4.78 is 13.3. The van der Waals surface area contributed by atoms with Crippen molar-refractivity contribution in [1.82, 2.24) is 0 Å². The molecule has 0 aromatic heterocycles. The second-order valence-electron chi connectivity index (χ2n) is 3.04. The van der Waals surface area contributed by atoms with Crippen LogP contribution < -0.4 is 5.32 Å². The van der Waals surface area contributed by atoms with E-state index in [0.717, 1.165) is 17.7 Å². The van der Waals surface area contributed by atoms with Gasteiger partial charge in [-0.05, 0) is 24.1 Å². The normalized spacial score (nSPS) is 9.50. The highest BCUT2D eigenvalue weighted by Gasteiger charge is 2.00. The number of hydrogen-bond donors (Lipinski definition) is 1. The molecule has 1 aromatic rings. The molecule has 0 saturated carbocycles. The topological polar surface area (TPSA) is 12.0 Å². The first-order valence-corrected chi connectivity index (χ1v) is 4.73. The standard InChI is InChI=1S/C12H14FN/c1-3-5-8-14-11-7-6-10(4-2)12(13)9-11/h1,6-7,9,14H,4-5,8H2,2H3. The molecule has 74 valence electrons. The zero-order chi connectivity index (χ0) is 10.4. The van der Waals surface area contributed by atoms with Crippen LogP contribution in [0.4, 0.5) is 10.1 Å². The molecule has 0 saturated heterocycles. The summed E-state index contributed by atoms with van der Waals surface area (Å²) in [6.45, 7) is 2.62. The largest absolute Gasteiger partial charge is 0.384 e. The lowest BCUT2D eigenvalue weighted by atomic mass is 10.1. The van der Waals surface area contributed by atoms with Gasteiger partial charge in [0.2, 0.25) is 0 Å². The fourth-order valence-corrected chi connectivity index (χ4v) is 1.22. The van der Waals surface area contributed by atoms with Crippen molar-refractivity contribution in [3.8, 4) is 12.3 Å². The van der Waals surface area contributed by atoms with E-state index in [-0.39, 0.29) is 5.82 Å². The molecule has 0 fully saturated rings. The predicted molar refractivity (Wildman–Crippen MR) is 57.7 cm³/mol. The SMILES string of the molecule is C#CCCNc1ccc(CC)c(F)c1. The Morgan fingerprint density at radius 2 is 2.29 bits per heavy atom. The van der Waals surface area contributed by atoms with Crippen molar-refractivity contribution < 1.29 is 4.39 Å². The molecule has 0 atom stereocenters. The number of aryl methyl sites for hydroxylation is 1. The van der Waals surface area contributed by atoms with Crippen LogP contribution in [0.5, 0.6) is 0 Å². The molecule has 1 nitrogen and oxygen atoms in total. The maximum Gasteiger partial charge on any atom is 0.128 e. The molecule has 1 aromatic carbocycles. The van der Waals surface area contributed by atoms with E-state index in [1.807, 2.05) is 13.0 Å². The number of nitrogens with one attached hydrogen (secondary N) is 1. The summed E-state index contributed by atoms with van der Waals surface area (Å²) >= 11 is 0. The van der Waals surface area contributed by atoms with E-state index in [1.165, 1.54) is 6.07 Å². The minimum Gasteiger partial charge on any atom is -0.384 e. The van der Waals surface area contributed by atoms with Crippen molar-refractivity contribution in [1.29, 1.82) is 0 Å². The lowest BCUT2D eigenvalue weighted by Gasteiger charge is -2.06. The van der Waals surface area contributed by atoms with Crippen molar-refractivity contribution in [2.45, 2.75) is 19.8 Å². The molecular formula is C12H14FN. The Balaban J connectivity index is 2.63. The summed E-state index contributed by atoms with van der Waals surface area (Å²) in [5, 5.41) is 3.06. The summed E-state index contributed by atoms with van der Waals surface area (Å²) in [6, 6.07) is 5.18. The lowest BCUT2D eigenvalue weighted by Crippen LogP contribution is -2.01. The summed E-state index contributed by atoms with van der Waals surface area (Å²) in [7, 11) is 0. The maximum absolute atomic E-state index is 13.3. The van der Waals surface area contributed by atoms with E-state index in [0.29, 0.717) is 13.0 Å².